The Balaban J connectivity index is 2.15. The fourth-order valence-corrected chi connectivity index (χ4v) is 3.85. The summed E-state index contributed by atoms with van der Waals surface area (Å²) >= 11 is 0. The molecule has 0 aliphatic carbocycles. The Labute approximate surface area is 191 Å². The molecule has 0 spiro atoms. The lowest BCUT2D eigenvalue weighted by Crippen LogP contribution is -2.10. The lowest BCUT2D eigenvalue weighted by atomic mass is 9.99. The van der Waals surface area contributed by atoms with Gasteiger partial charge >= 0.3 is 0 Å². The largest absolute Gasteiger partial charge is 0.496 e. The van der Waals surface area contributed by atoms with E-state index in [-0.39, 0.29) is 22.3 Å². The first-order valence-corrected chi connectivity index (χ1v) is 10.2. The summed E-state index contributed by atoms with van der Waals surface area (Å²) in [6.07, 6.45) is 0. The Morgan fingerprint density at radius 2 is 1.30 bits per heavy atom. The van der Waals surface area contributed by atoms with E-state index in [4.69, 9.17) is 28.1 Å². The van der Waals surface area contributed by atoms with Crippen LogP contribution in [0.4, 0.5) is 0 Å². The Hall–Kier alpha value is -4.13. The molecular weight excluding hydrogens is 424 g/mol. The van der Waals surface area contributed by atoms with Gasteiger partial charge in [0.05, 0.1) is 41.1 Å². The van der Waals surface area contributed by atoms with Crippen LogP contribution in [-0.4, -0.2) is 35.5 Å². The minimum atomic E-state index is -0.361. The monoisotopic (exact) mass is 448 g/mol. The molecule has 0 aliphatic rings. The van der Waals surface area contributed by atoms with Gasteiger partial charge in [-0.1, -0.05) is 30.3 Å². The van der Waals surface area contributed by atoms with Crippen LogP contribution in [-0.2, 0) is 0 Å². The van der Waals surface area contributed by atoms with Crippen LogP contribution in [0.25, 0.3) is 33.4 Å². The highest BCUT2D eigenvalue weighted by atomic mass is 16.5. The molecule has 33 heavy (non-hydrogen) atoms. The zero-order valence-electron chi connectivity index (χ0n) is 19.1. The third-order valence-corrected chi connectivity index (χ3v) is 5.40. The first kappa shape index (κ1) is 22.1. The Kier molecular flexibility index (Phi) is 6.13. The highest BCUT2D eigenvalue weighted by Gasteiger charge is 2.25. The zero-order valence-corrected chi connectivity index (χ0v) is 19.1. The summed E-state index contributed by atoms with van der Waals surface area (Å²) in [4.78, 5) is 13.6. The summed E-state index contributed by atoms with van der Waals surface area (Å²) in [5.41, 5.74) is 2.02. The van der Waals surface area contributed by atoms with Crippen LogP contribution in [0.15, 0.2) is 63.8 Å². The van der Waals surface area contributed by atoms with Crippen LogP contribution in [0.2, 0.25) is 0 Å². The lowest BCUT2D eigenvalue weighted by Gasteiger charge is -2.17. The second-order valence-electron chi connectivity index (χ2n) is 7.09. The van der Waals surface area contributed by atoms with Gasteiger partial charge in [-0.3, -0.25) is 4.79 Å². The van der Waals surface area contributed by atoms with Crippen molar-refractivity contribution >= 4 is 11.0 Å². The molecule has 0 N–H and O–H groups in total. The molecule has 3 aromatic carbocycles. The maximum Gasteiger partial charge on any atom is 0.239 e. The van der Waals surface area contributed by atoms with Gasteiger partial charge in [0.15, 0.2) is 22.8 Å². The molecule has 0 saturated heterocycles. The summed E-state index contributed by atoms with van der Waals surface area (Å²) in [5, 5.41) is 0.262. The molecule has 4 rings (SSSR count). The molecule has 0 radical (unpaired) electrons. The number of methoxy groups -OCH3 is 5. The average Bonchev–Trinajstić information content (AvgIpc) is 2.87. The van der Waals surface area contributed by atoms with Crippen molar-refractivity contribution in [2.45, 2.75) is 0 Å². The lowest BCUT2D eigenvalue weighted by molar-refractivity contribution is 0.355. The van der Waals surface area contributed by atoms with Crippen LogP contribution in [0, 0.1) is 0 Å². The maximum atomic E-state index is 13.6. The smallest absolute Gasteiger partial charge is 0.239 e. The average molecular weight is 448 g/mol. The second kappa shape index (κ2) is 9.16. The van der Waals surface area contributed by atoms with E-state index in [0.717, 1.165) is 5.56 Å². The highest BCUT2D eigenvalue weighted by molar-refractivity contribution is 6.00. The summed E-state index contributed by atoms with van der Waals surface area (Å²) in [5.74, 6) is 2.19. The predicted octanol–water partition coefficient (Wildman–Crippen LogP) is 5.17. The number of benzene rings is 3. The van der Waals surface area contributed by atoms with Gasteiger partial charge in [0.1, 0.15) is 16.9 Å². The first-order valence-electron chi connectivity index (χ1n) is 10.2. The predicted molar refractivity (Wildman–Crippen MR) is 126 cm³/mol. The molecule has 0 aliphatic heterocycles. The van der Waals surface area contributed by atoms with Gasteiger partial charge in [-0.25, -0.2) is 0 Å². The van der Waals surface area contributed by atoms with E-state index < -0.39 is 0 Å². The molecule has 1 aromatic heterocycles. The molecule has 0 amide bonds. The van der Waals surface area contributed by atoms with Gasteiger partial charge < -0.3 is 28.1 Å². The normalized spacial score (nSPS) is 10.7. The number of rotatable bonds is 7. The van der Waals surface area contributed by atoms with Crippen molar-refractivity contribution in [3.05, 3.63) is 64.8 Å². The summed E-state index contributed by atoms with van der Waals surface area (Å²) in [6.45, 7) is 0. The van der Waals surface area contributed by atoms with Crippen LogP contribution < -0.4 is 29.1 Å². The minimum absolute atomic E-state index is 0.0530. The topological polar surface area (TPSA) is 76.4 Å². The quantitative estimate of drug-likeness (QED) is 0.386. The van der Waals surface area contributed by atoms with Crippen molar-refractivity contribution in [3.8, 4) is 51.2 Å². The molecule has 4 aromatic rings. The van der Waals surface area contributed by atoms with Crippen LogP contribution in [0.5, 0.6) is 28.7 Å². The fraction of sp³-hybridized carbons (Fsp3) is 0.192. The molecule has 0 atom stereocenters. The molecule has 7 heteroatoms. The van der Waals surface area contributed by atoms with Crippen LogP contribution in [0.3, 0.4) is 0 Å². The number of hydrogen-bond donors (Lipinski definition) is 0. The van der Waals surface area contributed by atoms with E-state index in [1.807, 2.05) is 30.3 Å². The molecule has 0 bridgehead atoms. The Bertz CT molecular complexity index is 1360. The minimum Gasteiger partial charge on any atom is -0.496 e. The van der Waals surface area contributed by atoms with E-state index in [9.17, 15) is 4.79 Å². The Morgan fingerprint density at radius 1 is 0.636 bits per heavy atom. The number of hydrogen-bond acceptors (Lipinski definition) is 7. The van der Waals surface area contributed by atoms with E-state index in [2.05, 4.69) is 0 Å². The fourth-order valence-electron chi connectivity index (χ4n) is 3.85. The van der Waals surface area contributed by atoms with E-state index >= 15 is 0 Å². The van der Waals surface area contributed by atoms with E-state index in [1.165, 1.54) is 14.2 Å². The van der Waals surface area contributed by atoms with Gasteiger partial charge in [-0.05, 0) is 23.8 Å². The zero-order chi connectivity index (χ0) is 23.5. The molecule has 170 valence electrons. The molecule has 0 unspecified atom stereocenters. The molecule has 0 fully saturated rings. The van der Waals surface area contributed by atoms with Crippen molar-refractivity contribution in [3.63, 3.8) is 0 Å². The van der Waals surface area contributed by atoms with Crippen molar-refractivity contribution in [2.75, 3.05) is 35.5 Å². The van der Waals surface area contributed by atoms with Crippen LogP contribution >= 0.6 is 0 Å². The van der Waals surface area contributed by atoms with Crippen molar-refractivity contribution in [1.29, 1.82) is 0 Å². The van der Waals surface area contributed by atoms with E-state index in [0.29, 0.717) is 39.7 Å². The number of fused-ring (bicyclic) bond motifs is 1. The molecule has 7 nitrogen and oxygen atoms in total. The SMILES string of the molecule is COc1ccc(-c2oc3c(-c4ccccc4)c(OC)cc(OC)c3c(=O)c2OC)cc1OC. The van der Waals surface area contributed by atoms with Gasteiger partial charge in [0.25, 0.3) is 0 Å². The number of ether oxygens (including phenoxy) is 5. The van der Waals surface area contributed by atoms with Gasteiger partial charge in [0, 0.05) is 11.6 Å². The van der Waals surface area contributed by atoms with Gasteiger partial charge in [-0.15, -0.1) is 0 Å². The summed E-state index contributed by atoms with van der Waals surface area (Å²) in [7, 11) is 7.57. The third kappa shape index (κ3) is 3.71. The molecule has 1 heterocycles. The second-order valence-corrected chi connectivity index (χ2v) is 7.09. The molecule has 0 saturated carbocycles. The van der Waals surface area contributed by atoms with Crippen molar-refractivity contribution in [1.82, 2.24) is 0 Å². The maximum absolute atomic E-state index is 13.6. The Morgan fingerprint density at radius 3 is 1.91 bits per heavy atom. The van der Waals surface area contributed by atoms with Gasteiger partial charge in [-0.2, -0.15) is 0 Å². The standard InChI is InChI=1S/C26H24O7/c1-28-17-12-11-16(13-18(17)29-2)24-26(32-5)23(27)22-20(31-4)14-19(30-3)21(25(22)33-24)15-9-7-6-8-10-15/h6-14H,1-5H3. The van der Waals surface area contributed by atoms with Gasteiger partial charge in [0.2, 0.25) is 11.2 Å². The highest BCUT2D eigenvalue weighted by Crippen LogP contribution is 2.44. The third-order valence-electron chi connectivity index (χ3n) is 5.40. The van der Waals surface area contributed by atoms with Crippen LogP contribution in [0.1, 0.15) is 0 Å². The first-order chi connectivity index (χ1) is 16.1. The summed E-state index contributed by atoms with van der Waals surface area (Å²) < 4.78 is 33.9. The van der Waals surface area contributed by atoms with Crippen molar-refractivity contribution in [2.24, 2.45) is 0 Å². The van der Waals surface area contributed by atoms with Crippen molar-refractivity contribution < 1.29 is 28.1 Å². The molecular formula is C26H24O7. The van der Waals surface area contributed by atoms with E-state index in [1.54, 1.807) is 45.6 Å². The summed E-state index contributed by atoms with van der Waals surface area (Å²) in [6, 6.07) is 16.5.